The first-order chi connectivity index (χ1) is 12.2. The van der Waals surface area contributed by atoms with Gasteiger partial charge in [0.1, 0.15) is 4.90 Å². The lowest BCUT2D eigenvalue weighted by Crippen LogP contribution is -2.34. The quantitative estimate of drug-likeness (QED) is 0.700. The van der Waals surface area contributed by atoms with Crippen LogP contribution in [-0.4, -0.2) is 26.6 Å². The Morgan fingerprint density at radius 3 is 2.69 bits per heavy atom. The maximum Gasteiger partial charge on any atom is 0.264 e. The lowest BCUT2D eigenvalue weighted by Gasteiger charge is -2.23. The van der Waals surface area contributed by atoms with E-state index in [0.29, 0.717) is 22.3 Å². The largest absolute Gasteiger partial charge is 0.308 e. The van der Waals surface area contributed by atoms with Crippen LogP contribution in [0.4, 0.5) is 11.4 Å². The number of benzene rings is 2. The fraction of sp³-hybridized carbons (Fsp3) is 0.278. The van der Waals surface area contributed by atoms with Crippen molar-refractivity contribution in [2.45, 2.75) is 36.1 Å². The van der Waals surface area contributed by atoms with E-state index in [9.17, 15) is 13.2 Å². The Kier molecular flexibility index (Phi) is 5.37. The number of sulfonamides is 1. The third kappa shape index (κ3) is 3.63. The van der Waals surface area contributed by atoms with Gasteiger partial charge in [0.05, 0.1) is 5.69 Å². The molecule has 0 radical (unpaired) electrons. The Hall–Kier alpha value is -1.51. The number of amides is 1. The molecule has 1 aliphatic rings. The van der Waals surface area contributed by atoms with E-state index in [1.54, 1.807) is 29.2 Å². The predicted molar refractivity (Wildman–Crippen MR) is 109 cm³/mol. The number of carbonyl (C=O) groups is 1. The van der Waals surface area contributed by atoms with E-state index in [2.05, 4.69) is 20.7 Å². The molecule has 0 saturated carbocycles. The van der Waals surface area contributed by atoms with E-state index in [-0.39, 0.29) is 16.8 Å². The minimum absolute atomic E-state index is 0.0782. The maximum atomic E-state index is 13.1. The monoisotopic (exact) mass is 454 g/mol. The molecule has 1 amide bonds. The number of thioether (sulfide) groups is 1. The Labute approximate surface area is 166 Å². The number of hydrogen-bond acceptors (Lipinski definition) is 4. The van der Waals surface area contributed by atoms with E-state index in [1.165, 1.54) is 18.7 Å². The molecule has 8 heteroatoms. The zero-order chi connectivity index (χ0) is 19.1. The molecular weight excluding hydrogens is 436 g/mol. The first-order valence-corrected chi connectivity index (χ1v) is 11.5. The summed E-state index contributed by atoms with van der Waals surface area (Å²) in [5.41, 5.74) is 1.81. The molecule has 0 spiro atoms. The van der Waals surface area contributed by atoms with Crippen LogP contribution < -0.4 is 9.62 Å². The average molecular weight is 455 g/mol. The number of hydrogen-bond donors (Lipinski definition) is 1. The molecule has 0 saturated heterocycles. The third-order valence-electron chi connectivity index (χ3n) is 4.27. The van der Waals surface area contributed by atoms with E-state index in [0.717, 1.165) is 10.5 Å². The Balaban J connectivity index is 2.10. The first-order valence-electron chi connectivity index (χ1n) is 8.02. The molecule has 1 heterocycles. The molecule has 1 atom stereocenters. The minimum atomic E-state index is -3.86. The molecule has 5 nitrogen and oxygen atoms in total. The second-order valence-electron chi connectivity index (χ2n) is 6.19. The highest BCUT2D eigenvalue weighted by Gasteiger charge is 2.35. The number of rotatable bonds is 4. The summed E-state index contributed by atoms with van der Waals surface area (Å²) in [5, 5.41) is 0. The summed E-state index contributed by atoms with van der Waals surface area (Å²) in [6.45, 7) is 3.38. The van der Waals surface area contributed by atoms with Crippen molar-refractivity contribution in [3.05, 3.63) is 46.4 Å². The van der Waals surface area contributed by atoms with Gasteiger partial charge < -0.3 is 4.90 Å². The Morgan fingerprint density at radius 1 is 1.31 bits per heavy atom. The zero-order valence-corrected chi connectivity index (χ0v) is 17.8. The maximum absolute atomic E-state index is 13.1. The van der Waals surface area contributed by atoms with E-state index in [1.807, 2.05) is 25.3 Å². The van der Waals surface area contributed by atoms with Crippen molar-refractivity contribution >= 4 is 55.0 Å². The van der Waals surface area contributed by atoms with Crippen molar-refractivity contribution in [1.29, 1.82) is 0 Å². The van der Waals surface area contributed by atoms with Gasteiger partial charge in [0.2, 0.25) is 5.91 Å². The second kappa shape index (κ2) is 7.25. The van der Waals surface area contributed by atoms with E-state index >= 15 is 0 Å². The van der Waals surface area contributed by atoms with Crippen LogP contribution in [0.1, 0.15) is 19.4 Å². The Bertz CT molecular complexity index is 976. The summed E-state index contributed by atoms with van der Waals surface area (Å²) < 4.78 is 29.5. The summed E-state index contributed by atoms with van der Waals surface area (Å²) in [7, 11) is -3.86. The van der Waals surface area contributed by atoms with Gasteiger partial charge >= 0.3 is 0 Å². The standard InChI is InChI=1S/C18H19BrN2O3S2/c1-11-7-13-8-14(19)9-17(18(13)21(11)12(2)22)26(23,24)20-15-5-4-6-16(10-15)25-3/h4-6,8-11,20H,7H2,1-3H3. The van der Waals surface area contributed by atoms with Gasteiger partial charge in [-0.25, -0.2) is 8.42 Å². The van der Waals surface area contributed by atoms with Crippen molar-refractivity contribution in [2.75, 3.05) is 15.9 Å². The third-order valence-corrected chi connectivity index (χ3v) is 6.84. The van der Waals surface area contributed by atoms with Crippen molar-refractivity contribution < 1.29 is 13.2 Å². The smallest absolute Gasteiger partial charge is 0.264 e. The molecule has 1 unspecified atom stereocenters. The normalized spacial score (nSPS) is 16.5. The SMILES string of the molecule is CSc1cccc(NS(=O)(=O)c2cc(Br)cc3c2N(C(C)=O)C(C)C3)c1. The van der Waals surface area contributed by atoms with E-state index in [4.69, 9.17) is 0 Å². The summed E-state index contributed by atoms with van der Waals surface area (Å²) in [6, 6.07) is 10.6. The van der Waals surface area contributed by atoms with Crippen LogP contribution >= 0.6 is 27.7 Å². The molecule has 0 fully saturated rings. The van der Waals surface area contributed by atoms with Gasteiger partial charge in [-0.1, -0.05) is 22.0 Å². The average Bonchev–Trinajstić information content (AvgIpc) is 2.89. The van der Waals surface area contributed by atoms with Gasteiger partial charge in [-0.2, -0.15) is 0 Å². The molecule has 138 valence electrons. The second-order valence-corrected chi connectivity index (χ2v) is 9.64. The Morgan fingerprint density at radius 2 is 2.04 bits per heavy atom. The summed E-state index contributed by atoms with van der Waals surface area (Å²) in [4.78, 5) is 14.8. The molecule has 1 aliphatic heterocycles. The summed E-state index contributed by atoms with van der Waals surface area (Å²) in [5.74, 6) is -0.167. The highest BCUT2D eigenvalue weighted by molar-refractivity contribution is 9.10. The number of halogens is 1. The highest BCUT2D eigenvalue weighted by Crippen LogP contribution is 2.40. The molecule has 2 aromatic carbocycles. The van der Waals surface area contributed by atoms with Crippen LogP contribution in [0.5, 0.6) is 0 Å². The molecule has 0 bridgehead atoms. The van der Waals surface area contributed by atoms with Crippen LogP contribution in [-0.2, 0) is 21.2 Å². The van der Waals surface area contributed by atoms with Gasteiger partial charge in [-0.3, -0.25) is 9.52 Å². The summed E-state index contributed by atoms with van der Waals surface area (Å²) in [6.07, 6.45) is 2.56. The number of carbonyl (C=O) groups excluding carboxylic acids is 1. The predicted octanol–water partition coefficient (Wildman–Crippen LogP) is 4.27. The topological polar surface area (TPSA) is 66.5 Å². The van der Waals surface area contributed by atoms with Gasteiger partial charge in [-0.15, -0.1) is 11.8 Å². The molecule has 26 heavy (non-hydrogen) atoms. The molecule has 3 rings (SSSR count). The van der Waals surface area contributed by atoms with Crippen LogP contribution in [0.3, 0.4) is 0 Å². The molecule has 0 aromatic heterocycles. The molecule has 2 aromatic rings. The van der Waals surface area contributed by atoms with Crippen LogP contribution in [0.25, 0.3) is 0 Å². The number of nitrogens with one attached hydrogen (secondary N) is 1. The van der Waals surface area contributed by atoms with Gasteiger partial charge in [0.15, 0.2) is 0 Å². The van der Waals surface area contributed by atoms with Crippen LogP contribution in [0.15, 0.2) is 50.7 Å². The van der Waals surface area contributed by atoms with Crippen molar-refractivity contribution in [2.24, 2.45) is 0 Å². The molecule has 1 N–H and O–H groups in total. The number of fused-ring (bicyclic) bond motifs is 1. The van der Waals surface area contributed by atoms with Crippen molar-refractivity contribution in [3.8, 4) is 0 Å². The lowest BCUT2D eigenvalue weighted by atomic mass is 10.1. The number of anilines is 2. The van der Waals surface area contributed by atoms with Gasteiger partial charge in [0, 0.05) is 28.0 Å². The van der Waals surface area contributed by atoms with Crippen molar-refractivity contribution in [3.63, 3.8) is 0 Å². The lowest BCUT2D eigenvalue weighted by molar-refractivity contribution is -0.116. The first kappa shape index (κ1) is 19.3. The highest BCUT2D eigenvalue weighted by atomic mass is 79.9. The van der Waals surface area contributed by atoms with Crippen LogP contribution in [0.2, 0.25) is 0 Å². The zero-order valence-electron chi connectivity index (χ0n) is 14.6. The number of nitrogens with zero attached hydrogens (tertiary/aromatic N) is 1. The molecular formula is C18H19BrN2O3S2. The fourth-order valence-corrected chi connectivity index (χ4v) is 5.69. The van der Waals surface area contributed by atoms with Crippen LogP contribution in [0, 0.1) is 0 Å². The minimum Gasteiger partial charge on any atom is -0.308 e. The fourth-order valence-electron chi connectivity index (χ4n) is 3.26. The van der Waals surface area contributed by atoms with Crippen molar-refractivity contribution in [1.82, 2.24) is 0 Å². The van der Waals surface area contributed by atoms with Gasteiger partial charge in [0.25, 0.3) is 10.0 Å². The summed E-state index contributed by atoms with van der Waals surface area (Å²) >= 11 is 4.93. The molecule has 0 aliphatic carbocycles. The van der Waals surface area contributed by atoms with Gasteiger partial charge in [-0.05, 0) is 55.5 Å². The van der Waals surface area contributed by atoms with E-state index < -0.39 is 10.0 Å².